The second kappa shape index (κ2) is 4.92. The third-order valence-corrected chi connectivity index (χ3v) is 3.41. The first-order chi connectivity index (χ1) is 7.99. The maximum atomic E-state index is 11.0. The summed E-state index contributed by atoms with van der Waals surface area (Å²) in [5, 5.41) is 0.935. The molecular formula is C8H3Br3N2O4. The van der Waals surface area contributed by atoms with E-state index in [-0.39, 0.29) is 0 Å². The van der Waals surface area contributed by atoms with Gasteiger partial charge in [0.1, 0.15) is 5.69 Å². The van der Waals surface area contributed by atoms with Crippen molar-refractivity contribution in [2.75, 3.05) is 5.17 Å². The Hall–Kier alpha value is -0.640. The number of nitrogens with one attached hydrogen (secondary N) is 1. The van der Waals surface area contributed by atoms with Crippen molar-refractivity contribution in [2.45, 2.75) is 0 Å². The molecule has 1 aromatic carbocycles. The van der Waals surface area contributed by atoms with Crippen LogP contribution in [-0.4, -0.2) is 11.9 Å². The molecule has 1 heterocycles. The summed E-state index contributed by atoms with van der Waals surface area (Å²) in [6.07, 6.45) is 0. The third kappa shape index (κ3) is 2.62. The number of rotatable bonds is 1. The molecule has 0 unspecified atom stereocenters. The Labute approximate surface area is 120 Å². The average Bonchev–Trinajstić information content (AvgIpc) is 2.21. The van der Waals surface area contributed by atoms with Gasteiger partial charge in [-0.25, -0.2) is 9.59 Å². The number of benzene rings is 1. The van der Waals surface area contributed by atoms with Gasteiger partial charge in [-0.15, -0.1) is 0 Å². The molecule has 1 N–H and O–H groups in total. The normalized spacial score (nSPS) is 15.6. The van der Waals surface area contributed by atoms with E-state index in [1.54, 1.807) is 12.1 Å². The minimum absolute atomic E-state index is 0.453. The van der Waals surface area contributed by atoms with Crippen LogP contribution in [0.2, 0.25) is 0 Å². The van der Waals surface area contributed by atoms with E-state index in [0.29, 0.717) is 14.6 Å². The number of hydrogen-bond donors (Lipinski definition) is 1. The first kappa shape index (κ1) is 12.8. The van der Waals surface area contributed by atoms with Crippen molar-refractivity contribution in [1.82, 2.24) is 5.59 Å². The van der Waals surface area contributed by atoms with Crippen molar-refractivity contribution in [3.8, 4) is 0 Å². The van der Waals surface area contributed by atoms with Crippen LogP contribution in [0.25, 0.3) is 0 Å². The fourth-order valence-corrected chi connectivity index (χ4v) is 3.66. The Bertz CT molecular complexity index is 485. The molecule has 6 nitrogen and oxygen atoms in total. The first-order valence-electron chi connectivity index (χ1n) is 4.12. The van der Waals surface area contributed by atoms with Gasteiger partial charge in [-0.2, -0.15) is 0 Å². The van der Waals surface area contributed by atoms with Gasteiger partial charge < -0.3 is 9.68 Å². The van der Waals surface area contributed by atoms with Gasteiger partial charge in [-0.1, -0.05) is 21.1 Å². The van der Waals surface area contributed by atoms with Crippen molar-refractivity contribution >= 4 is 65.4 Å². The second-order valence-electron chi connectivity index (χ2n) is 2.87. The Morgan fingerprint density at radius 1 is 1.06 bits per heavy atom. The highest BCUT2D eigenvalue weighted by atomic mass is 79.9. The molecule has 1 aromatic rings. The zero-order valence-electron chi connectivity index (χ0n) is 7.87. The predicted octanol–water partition coefficient (Wildman–Crippen LogP) is 2.22. The maximum absolute atomic E-state index is 11.0. The molecule has 17 heavy (non-hydrogen) atoms. The molecule has 0 atom stereocenters. The SMILES string of the molecule is O=C1ONN(c2c(Br)cc(Br)cc2Br)OC1=O. The van der Waals surface area contributed by atoms with Gasteiger partial charge in [-0.05, 0) is 49.6 Å². The monoisotopic (exact) mass is 428 g/mol. The van der Waals surface area contributed by atoms with Crippen LogP contribution in [0.1, 0.15) is 0 Å². The van der Waals surface area contributed by atoms with Crippen molar-refractivity contribution < 1.29 is 19.3 Å². The fraction of sp³-hybridized carbons (Fsp3) is 0. The Morgan fingerprint density at radius 3 is 2.18 bits per heavy atom. The van der Waals surface area contributed by atoms with Crippen LogP contribution < -0.4 is 10.8 Å². The topological polar surface area (TPSA) is 67.9 Å². The van der Waals surface area contributed by atoms with E-state index in [0.717, 1.165) is 9.64 Å². The lowest BCUT2D eigenvalue weighted by Gasteiger charge is -2.26. The quantitative estimate of drug-likeness (QED) is 0.689. The van der Waals surface area contributed by atoms with E-state index in [1.807, 2.05) is 0 Å². The van der Waals surface area contributed by atoms with Crippen LogP contribution in [0, 0.1) is 0 Å². The lowest BCUT2D eigenvalue weighted by molar-refractivity contribution is -0.192. The Morgan fingerprint density at radius 2 is 1.65 bits per heavy atom. The van der Waals surface area contributed by atoms with Crippen LogP contribution in [0.3, 0.4) is 0 Å². The smallest absolute Gasteiger partial charge is 0.338 e. The first-order valence-corrected chi connectivity index (χ1v) is 6.50. The predicted molar refractivity (Wildman–Crippen MR) is 67.3 cm³/mol. The molecule has 1 aliphatic heterocycles. The molecule has 0 saturated carbocycles. The number of hydrazine groups is 1. The summed E-state index contributed by atoms with van der Waals surface area (Å²) in [5.41, 5.74) is 2.63. The van der Waals surface area contributed by atoms with Crippen LogP contribution in [0.15, 0.2) is 25.6 Å². The van der Waals surface area contributed by atoms with E-state index < -0.39 is 11.9 Å². The van der Waals surface area contributed by atoms with Gasteiger partial charge >= 0.3 is 11.9 Å². The van der Waals surface area contributed by atoms with Gasteiger partial charge in [0.15, 0.2) is 0 Å². The number of carbonyl (C=O) groups excluding carboxylic acids is 2. The van der Waals surface area contributed by atoms with Crippen molar-refractivity contribution in [1.29, 1.82) is 0 Å². The molecule has 90 valence electrons. The maximum Gasteiger partial charge on any atom is 0.444 e. The van der Waals surface area contributed by atoms with Gasteiger partial charge in [0.25, 0.3) is 0 Å². The largest absolute Gasteiger partial charge is 0.444 e. The van der Waals surface area contributed by atoms with Gasteiger partial charge in [0.2, 0.25) is 0 Å². The molecule has 1 aliphatic rings. The van der Waals surface area contributed by atoms with Crippen molar-refractivity contribution in [2.24, 2.45) is 0 Å². The summed E-state index contributed by atoms with van der Waals surface area (Å²) in [6, 6.07) is 3.48. The van der Waals surface area contributed by atoms with Crippen molar-refractivity contribution in [3.05, 3.63) is 25.6 Å². The molecular weight excluding hydrogens is 428 g/mol. The zero-order valence-corrected chi connectivity index (χ0v) is 12.6. The van der Waals surface area contributed by atoms with Gasteiger partial charge in [-0.3, -0.25) is 0 Å². The molecule has 0 aliphatic carbocycles. The van der Waals surface area contributed by atoms with Crippen LogP contribution in [0.4, 0.5) is 5.69 Å². The number of halogens is 3. The number of nitrogens with zero attached hydrogens (tertiary/aromatic N) is 1. The Kier molecular flexibility index (Phi) is 3.71. The summed E-state index contributed by atoms with van der Waals surface area (Å²) in [6.45, 7) is 0. The number of hydrogen-bond acceptors (Lipinski definition) is 6. The lowest BCUT2D eigenvalue weighted by Crippen LogP contribution is -2.49. The minimum Gasteiger partial charge on any atom is -0.338 e. The van der Waals surface area contributed by atoms with E-state index in [1.165, 1.54) is 0 Å². The van der Waals surface area contributed by atoms with Gasteiger partial charge in [0, 0.05) is 13.4 Å². The summed E-state index contributed by atoms with van der Waals surface area (Å²) in [5.74, 6) is -2.21. The van der Waals surface area contributed by atoms with Crippen molar-refractivity contribution in [3.63, 3.8) is 0 Å². The molecule has 0 amide bonds. The molecule has 0 radical (unpaired) electrons. The van der Waals surface area contributed by atoms with E-state index in [9.17, 15) is 9.59 Å². The summed E-state index contributed by atoms with van der Waals surface area (Å²) < 4.78 is 2.06. The molecule has 0 spiro atoms. The highest BCUT2D eigenvalue weighted by Gasteiger charge is 2.31. The van der Waals surface area contributed by atoms with E-state index >= 15 is 0 Å². The number of carbonyl (C=O) groups is 2. The molecule has 9 heteroatoms. The van der Waals surface area contributed by atoms with E-state index in [4.69, 9.17) is 4.84 Å². The summed E-state index contributed by atoms with van der Waals surface area (Å²) in [7, 11) is 0. The van der Waals surface area contributed by atoms with Crippen LogP contribution in [0.5, 0.6) is 0 Å². The molecule has 1 fully saturated rings. The fourth-order valence-electron chi connectivity index (χ4n) is 1.08. The molecule has 0 aromatic heterocycles. The highest BCUT2D eigenvalue weighted by molar-refractivity contribution is 9.11. The Balaban J connectivity index is 2.35. The molecule has 0 bridgehead atoms. The number of anilines is 1. The third-order valence-electron chi connectivity index (χ3n) is 1.75. The molecule has 1 saturated heterocycles. The minimum atomic E-state index is -1.11. The summed E-state index contributed by atoms with van der Waals surface area (Å²) >= 11 is 9.89. The lowest BCUT2D eigenvalue weighted by atomic mass is 10.3. The standard InChI is InChI=1S/C8H3Br3N2O4/c9-3-1-4(10)6(5(11)2-3)13-12-16-7(14)8(15)17-13/h1-2,12H. The highest BCUT2D eigenvalue weighted by Crippen LogP contribution is 2.37. The molecule has 2 rings (SSSR count). The zero-order chi connectivity index (χ0) is 12.6. The van der Waals surface area contributed by atoms with E-state index in [2.05, 4.69) is 58.2 Å². The van der Waals surface area contributed by atoms with Crippen LogP contribution >= 0.6 is 47.8 Å². The van der Waals surface area contributed by atoms with Crippen LogP contribution in [-0.2, 0) is 19.3 Å². The van der Waals surface area contributed by atoms with Gasteiger partial charge in [0.05, 0.1) is 0 Å². The summed E-state index contributed by atoms with van der Waals surface area (Å²) in [4.78, 5) is 31.0. The average molecular weight is 431 g/mol. The second-order valence-corrected chi connectivity index (χ2v) is 5.50.